The number of anilines is 1. The third-order valence-corrected chi connectivity index (χ3v) is 5.77. The van der Waals surface area contributed by atoms with Crippen LogP contribution < -0.4 is 24.8 Å². The number of benzene rings is 1. The zero-order chi connectivity index (χ0) is 22.7. The highest BCUT2D eigenvalue weighted by Gasteiger charge is 2.22. The van der Waals surface area contributed by atoms with Crippen molar-refractivity contribution in [3.63, 3.8) is 0 Å². The van der Waals surface area contributed by atoms with Gasteiger partial charge in [-0.2, -0.15) is 19.6 Å². The highest BCUT2D eigenvalue weighted by molar-refractivity contribution is 5.55. The third-order valence-electron chi connectivity index (χ3n) is 5.77. The fourth-order valence-electron chi connectivity index (χ4n) is 4.02. The van der Waals surface area contributed by atoms with E-state index in [0.717, 1.165) is 42.7 Å². The van der Waals surface area contributed by atoms with Gasteiger partial charge in [-0.3, -0.25) is 0 Å². The molecule has 3 aromatic rings. The summed E-state index contributed by atoms with van der Waals surface area (Å²) < 4.78 is 19.0. The Morgan fingerprint density at radius 3 is 2.66 bits per heavy atom. The Hall–Kier alpha value is -3.07. The number of rotatable bonds is 8. The minimum atomic E-state index is -0.131. The number of aromatic nitrogens is 4. The van der Waals surface area contributed by atoms with E-state index >= 15 is 0 Å². The number of nitrogens with one attached hydrogen (secondary N) is 2. The molecule has 0 saturated carbocycles. The van der Waals surface area contributed by atoms with Gasteiger partial charge in [-0.05, 0) is 38.3 Å². The number of hydrogen-bond acceptors (Lipinski definition) is 8. The van der Waals surface area contributed by atoms with Gasteiger partial charge in [-0.25, -0.2) is 0 Å². The van der Waals surface area contributed by atoms with Gasteiger partial charge in [0.05, 0.1) is 26.5 Å². The van der Waals surface area contributed by atoms with Gasteiger partial charge < -0.3 is 24.8 Å². The van der Waals surface area contributed by atoms with Crippen LogP contribution in [-0.4, -0.2) is 53.0 Å². The van der Waals surface area contributed by atoms with Crippen molar-refractivity contribution in [1.29, 1.82) is 0 Å². The van der Waals surface area contributed by atoms with E-state index in [0.29, 0.717) is 23.5 Å². The van der Waals surface area contributed by atoms with E-state index in [1.807, 2.05) is 31.3 Å². The Morgan fingerprint density at radius 1 is 1.12 bits per heavy atom. The number of hydrogen-bond donors (Lipinski definition) is 2. The normalized spacial score (nSPS) is 17.4. The average Bonchev–Trinajstić information content (AvgIpc) is 3.23. The zero-order valence-electron chi connectivity index (χ0n) is 19.4. The summed E-state index contributed by atoms with van der Waals surface area (Å²) in [4.78, 5) is 9.39. The van der Waals surface area contributed by atoms with E-state index in [1.165, 1.54) is 0 Å². The van der Waals surface area contributed by atoms with Crippen LogP contribution in [-0.2, 0) is 0 Å². The Kier molecular flexibility index (Phi) is 6.64. The van der Waals surface area contributed by atoms with E-state index in [9.17, 15) is 0 Å². The second-order valence-electron chi connectivity index (χ2n) is 8.35. The van der Waals surface area contributed by atoms with Crippen molar-refractivity contribution in [2.75, 3.05) is 32.6 Å². The predicted octanol–water partition coefficient (Wildman–Crippen LogP) is 3.57. The lowest BCUT2D eigenvalue weighted by molar-refractivity contribution is 0.153. The van der Waals surface area contributed by atoms with Gasteiger partial charge in [0.15, 0.2) is 17.1 Å². The largest absolute Gasteiger partial charge is 0.493 e. The van der Waals surface area contributed by atoms with E-state index in [4.69, 9.17) is 19.2 Å². The van der Waals surface area contributed by atoms with Crippen molar-refractivity contribution in [2.45, 2.75) is 51.7 Å². The molecule has 1 aromatic carbocycles. The number of para-hydroxylation sites is 1. The van der Waals surface area contributed by atoms with Crippen LogP contribution in [0.4, 0.5) is 5.95 Å². The molecule has 2 N–H and O–H groups in total. The Labute approximate surface area is 188 Å². The first-order valence-electron chi connectivity index (χ1n) is 11.1. The maximum atomic E-state index is 6.17. The van der Waals surface area contributed by atoms with Gasteiger partial charge in [0.25, 0.3) is 0 Å². The molecule has 9 nitrogen and oxygen atoms in total. The fraction of sp³-hybridized carbons (Fsp3) is 0.522. The van der Waals surface area contributed by atoms with Crippen molar-refractivity contribution < 1.29 is 14.2 Å². The Morgan fingerprint density at radius 2 is 1.97 bits per heavy atom. The highest BCUT2D eigenvalue weighted by Crippen LogP contribution is 2.36. The SMILES string of the molecule is COc1cccc(C(C)Nc2nc(OC3CCCNC3)nc3c(C(C)C)cnn23)c1OC. The molecule has 32 heavy (non-hydrogen) atoms. The molecule has 1 fully saturated rings. The molecular formula is C23H32N6O3. The van der Waals surface area contributed by atoms with Crippen molar-refractivity contribution >= 4 is 11.6 Å². The minimum absolute atomic E-state index is 0.0559. The second kappa shape index (κ2) is 9.60. The van der Waals surface area contributed by atoms with E-state index in [-0.39, 0.29) is 18.1 Å². The Balaban J connectivity index is 1.71. The summed E-state index contributed by atoms with van der Waals surface area (Å²) in [7, 11) is 3.28. The molecule has 1 saturated heterocycles. The zero-order valence-corrected chi connectivity index (χ0v) is 19.4. The summed E-state index contributed by atoms with van der Waals surface area (Å²) in [5.74, 6) is 2.21. The molecule has 3 heterocycles. The molecule has 4 rings (SSSR count). The van der Waals surface area contributed by atoms with Gasteiger partial charge in [-0.1, -0.05) is 26.0 Å². The molecule has 172 valence electrons. The lowest BCUT2D eigenvalue weighted by Gasteiger charge is -2.23. The van der Waals surface area contributed by atoms with Crippen LogP contribution in [0, 0.1) is 0 Å². The number of ether oxygens (including phenoxy) is 3. The molecule has 2 atom stereocenters. The predicted molar refractivity (Wildman–Crippen MR) is 123 cm³/mol. The van der Waals surface area contributed by atoms with Crippen LogP contribution in [0.5, 0.6) is 17.5 Å². The average molecular weight is 441 g/mol. The van der Waals surface area contributed by atoms with Crippen LogP contribution in [0.15, 0.2) is 24.4 Å². The summed E-state index contributed by atoms with van der Waals surface area (Å²) in [5.41, 5.74) is 2.75. The molecule has 1 aliphatic heterocycles. The van der Waals surface area contributed by atoms with Gasteiger partial charge >= 0.3 is 6.01 Å². The van der Waals surface area contributed by atoms with Gasteiger partial charge in [-0.15, -0.1) is 0 Å². The van der Waals surface area contributed by atoms with Crippen molar-refractivity contribution in [1.82, 2.24) is 24.9 Å². The smallest absolute Gasteiger partial charge is 0.322 e. The summed E-state index contributed by atoms with van der Waals surface area (Å²) in [6, 6.07) is 6.06. The molecule has 9 heteroatoms. The molecule has 2 aromatic heterocycles. The summed E-state index contributed by atoms with van der Waals surface area (Å²) in [5, 5.41) is 11.4. The van der Waals surface area contributed by atoms with E-state index in [2.05, 4.69) is 34.6 Å². The van der Waals surface area contributed by atoms with Crippen molar-refractivity contribution in [2.24, 2.45) is 0 Å². The lowest BCUT2D eigenvalue weighted by atomic mass is 10.1. The van der Waals surface area contributed by atoms with Crippen LogP contribution in [0.1, 0.15) is 56.7 Å². The van der Waals surface area contributed by atoms with E-state index in [1.54, 1.807) is 18.7 Å². The molecule has 1 aliphatic rings. The van der Waals surface area contributed by atoms with Crippen molar-refractivity contribution in [3.05, 3.63) is 35.5 Å². The van der Waals surface area contributed by atoms with Crippen molar-refractivity contribution in [3.8, 4) is 17.5 Å². The quantitative estimate of drug-likeness (QED) is 0.549. The second-order valence-corrected chi connectivity index (χ2v) is 8.35. The first-order chi connectivity index (χ1) is 15.5. The lowest BCUT2D eigenvalue weighted by Crippen LogP contribution is -2.37. The molecule has 0 spiro atoms. The minimum Gasteiger partial charge on any atom is -0.493 e. The third kappa shape index (κ3) is 4.43. The molecule has 2 unspecified atom stereocenters. The standard InChI is InChI=1S/C23H32N6O3/c1-14(2)18-13-25-29-21(18)27-23(32-16-8-7-11-24-12-16)28-22(29)26-15(3)17-9-6-10-19(30-4)20(17)31-5/h6,9-10,13-16,24H,7-8,11-12H2,1-5H3,(H,26,27,28). The number of methoxy groups -OCH3 is 2. The monoisotopic (exact) mass is 440 g/mol. The maximum absolute atomic E-state index is 6.17. The highest BCUT2D eigenvalue weighted by atomic mass is 16.5. The molecular weight excluding hydrogens is 408 g/mol. The first kappa shape index (κ1) is 22.1. The topological polar surface area (TPSA) is 94.8 Å². The molecule has 0 bridgehead atoms. The van der Waals surface area contributed by atoms with Gasteiger partial charge in [0.2, 0.25) is 5.95 Å². The summed E-state index contributed by atoms with van der Waals surface area (Å²) in [6.07, 6.45) is 3.97. The summed E-state index contributed by atoms with van der Waals surface area (Å²) >= 11 is 0. The Bertz CT molecular complexity index is 1060. The number of piperidine rings is 1. The first-order valence-corrected chi connectivity index (χ1v) is 11.1. The number of fused-ring (bicyclic) bond motifs is 1. The van der Waals surface area contributed by atoms with Crippen LogP contribution >= 0.6 is 0 Å². The van der Waals surface area contributed by atoms with Gasteiger partial charge in [0.1, 0.15) is 6.10 Å². The van der Waals surface area contributed by atoms with Gasteiger partial charge in [0, 0.05) is 17.7 Å². The molecule has 0 radical (unpaired) electrons. The van der Waals surface area contributed by atoms with Crippen LogP contribution in [0.3, 0.4) is 0 Å². The maximum Gasteiger partial charge on any atom is 0.322 e. The fourth-order valence-corrected chi connectivity index (χ4v) is 4.02. The van der Waals surface area contributed by atoms with Crippen LogP contribution in [0.2, 0.25) is 0 Å². The van der Waals surface area contributed by atoms with Crippen LogP contribution in [0.25, 0.3) is 5.65 Å². The molecule has 0 amide bonds. The molecule has 0 aliphatic carbocycles. The number of nitrogens with zero attached hydrogens (tertiary/aromatic N) is 4. The summed E-state index contributed by atoms with van der Waals surface area (Å²) in [6.45, 7) is 8.12. The van der Waals surface area contributed by atoms with E-state index < -0.39 is 0 Å².